The predicted molar refractivity (Wildman–Crippen MR) is 82.5 cm³/mol. The summed E-state index contributed by atoms with van der Waals surface area (Å²) in [6, 6.07) is 9.51. The third-order valence-electron chi connectivity index (χ3n) is 4.01. The molecule has 0 amide bonds. The van der Waals surface area contributed by atoms with E-state index in [0.717, 1.165) is 13.1 Å². The monoisotopic (exact) mass is 260 g/mol. The maximum atomic E-state index is 3.71. The van der Waals surface area contributed by atoms with E-state index < -0.39 is 0 Å². The second kappa shape index (κ2) is 7.66. The van der Waals surface area contributed by atoms with Gasteiger partial charge in [0.15, 0.2) is 0 Å². The van der Waals surface area contributed by atoms with Gasteiger partial charge in [0, 0.05) is 12.6 Å². The molecular weight excluding hydrogens is 232 g/mol. The van der Waals surface area contributed by atoms with E-state index in [9.17, 15) is 0 Å². The van der Waals surface area contributed by atoms with Crippen LogP contribution in [0.3, 0.4) is 0 Å². The molecule has 1 aromatic carbocycles. The average molecular weight is 260 g/mol. The highest BCUT2D eigenvalue weighted by Crippen LogP contribution is 2.18. The van der Waals surface area contributed by atoms with Crippen LogP contribution in [0.25, 0.3) is 0 Å². The molecule has 2 heteroatoms. The molecule has 1 aliphatic rings. The van der Waals surface area contributed by atoms with Crippen LogP contribution < -0.4 is 5.32 Å². The van der Waals surface area contributed by atoms with Crippen molar-refractivity contribution in [3.63, 3.8) is 0 Å². The van der Waals surface area contributed by atoms with E-state index in [4.69, 9.17) is 0 Å². The minimum absolute atomic E-state index is 0.485. The standard InChI is InChI=1S/C17H28N2/c1-3-11-18-17(14-19-12-5-4-6-13-19)16-9-7-15(2)8-10-16/h7-10,17-18H,3-6,11-14H2,1-2H3. The molecule has 1 aliphatic heterocycles. The molecule has 1 aromatic rings. The van der Waals surface area contributed by atoms with E-state index in [1.807, 2.05) is 0 Å². The van der Waals surface area contributed by atoms with Crippen molar-refractivity contribution in [1.82, 2.24) is 10.2 Å². The molecule has 1 saturated heterocycles. The van der Waals surface area contributed by atoms with Gasteiger partial charge in [-0.3, -0.25) is 0 Å². The fraction of sp³-hybridized carbons (Fsp3) is 0.647. The number of nitrogens with zero attached hydrogens (tertiary/aromatic N) is 1. The summed E-state index contributed by atoms with van der Waals surface area (Å²) in [6.07, 6.45) is 5.35. The minimum Gasteiger partial charge on any atom is -0.309 e. The Labute approximate surface area is 118 Å². The van der Waals surface area contributed by atoms with E-state index in [2.05, 4.69) is 48.3 Å². The van der Waals surface area contributed by atoms with Gasteiger partial charge < -0.3 is 10.2 Å². The zero-order chi connectivity index (χ0) is 13.5. The predicted octanol–water partition coefficient (Wildman–Crippen LogP) is 3.52. The lowest BCUT2D eigenvalue weighted by molar-refractivity contribution is 0.205. The summed E-state index contributed by atoms with van der Waals surface area (Å²) in [6.45, 7) is 9.20. The summed E-state index contributed by atoms with van der Waals surface area (Å²) < 4.78 is 0. The molecule has 0 spiro atoms. The summed E-state index contributed by atoms with van der Waals surface area (Å²) in [4.78, 5) is 2.62. The number of nitrogens with one attached hydrogen (secondary N) is 1. The summed E-state index contributed by atoms with van der Waals surface area (Å²) in [5.41, 5.74) is 2.78. The number of benzene rings is 1. The number of rotatable bonds is 6. The second-order valence-electron chi connectivity index (χ2n) is 5.78. The average Bonchev–Trinajstić information content (AvgIpc) is 2.45. The van der Waals surface area contributed by atoms with Crippen molar-refractivity contribution in [1.29, 1.82) is 0 Å². The van der Waals surface area contributed by atoms with Crippen molar-refractivity contribution >= 4 is 0 Å². The van der Waals surface area contributed by atoms with Gasteiger partial charge in [-0.2, -0.15) is 0 Å². The second-order valence-corrected chi connectivity index (χ2v) is 5.78. The zero-order valence-corrected chi connectivity index (χ0v) is 12.5. The van der Waals surface area contributed by atoms with Crippen molar-refractivity contribution in [2.24, 2.45) is 0 Å². The van der Waals surface area contributed by atoms with Crippen molar-refractivity contribution in [3.8, 4) is 0 Å². The molecule has 0 radical (unpaired) electrons. The molecule has 1 heterocycles. The Morgan fingerprint density at radius 2 is 1.79 bits per heavy atom. The Hall–Kier alpha value is -0.860. The molecule has 2 rings (SSSR count). The maximum Gasteiger partial charge on any atom is 0.0449 e. The largest absolute Gasteiger partial charge is 0.309 e. The Bertz CT molecular complexity index is 352. The number of piperidine rings is 1. The van der Waals surface area contributed by atoms with Gasteiger partial charge in [0.2, 0.25) is 0 Å². The van der Waals surface area contributed by atoms with Crippen LogP contribution in [-0.2, 0) is 0 Å². The quantitative estimate of drug-likeness (QED) is 0.842. The van der Waals surface area contributed by atoms with E-state index in [0.29, 0.717) is 6.04 Å². The van der Waals surface area contributed by atoms with Crippen molar-refractivity contribution < 1.29 is 0 Å². The van der Waals surface area contributed by atoms with Crippen LogP contribution >= 0.6 is 0 Å². The molecule has 1 unspecified atom stereocenters. The highest BCUT2D eigenvalue weighted by molar-refractivity contribution is 5.24. The number of likely N-dealkylation sites (tertiary alicyclic amines) is 1. The van der Waals surface area contributed by atoms with E-state index in [-0.39, 0.29) is 0 Å². The molecule has 0 aliphatic carbocycles. The van der Waals surface area contributed by atoms with Gasteiger partial charge in [-0.25, -0.2) is 0 Å². The molecule has 1 N–H and O–H groups in total. The minimum atomic E-state index is 0.485. The molecule has 2 nitrogen and oxygen atoms in total. The van der Waals surface area contributed by atoms with Crippen molar-refractivity contribution in [2.75, 3.05) is 26.2 Å². The lowest BCUT2D eigenvalue weighted by Gasteiger charge is -2.31. The third kappa shape index (κ3) is 4.63. The fourth-order valence-electron chi connectivity index (χ4n) is 2.81. The van der Waals surface area contributed by atoms with Crippen LogP contribution in [0, 0.1) is 6.92 Å². The molecule has 106 valence electrons. The van der Waals surface area contributed by atoms with Gasteiger partial charge in [0.25, 0.3) is 0 Å². The van der Waals surface area contributed by atoms with Crippen LogP contribution in [-0.4, -0.2) is 31.1 Å². The van der Waals surface area contributed by atoms with Crippen LogP contribution in [0.15, 0.2) is 24.3 Å². The SMILES string of the molecule is CCCNC(CN1CCCCC1)c1ccc(C)cc1. The van der Waals surface area contributed by atoms with E-state index >= 15 is 0 Å². The first-order chi connectivity index (χ1) is 9.29. The van der Waals surface area contributed by atoms with Crippen LogP contribution in [0.2, 0.25) is 0 Å². The van der Waals surface area contributed by atoms with E-state index in [1.165, 1.54) is 49.9 Å². The van der Waals surface area contributed by atoms with Gasteiger partial charge in [-0.1, -0.05) is 43.2 Å². The first-order valence-corrected chi connectivity index (χ1v) is 7.82. The van der Waals surface area contributed by atoms with Crippen molar-refractivity contribution in [3.05, 3.63) is 35.4 Å². The smallest absolute Gasteiger partial charge is 0.0449 e. The fourth-order valence-corrected chi connectivity index (χ4v) is 2.81. The molecule has 0 saturated carbocycles. The summed E-state index contributed by atoms with van der Waals surface area (Å²) >= 11 is 0. The first kappa shape index (κ1) is 14.5. The molecular formula is C17H28N2. The molecule has 1 atom stereocenters. The lowest BCUT2D eigenvalue weighted by atomic mass is 10.0. The molecule has 0 aromatic heterocycles. The molecule has 0 bridgehead atoms. The first-order valence-electron chi connectivity index (χ1n) is 7.82. The van der Waals surface area contributed by atoms with Gasteiger partial charge in [-0.15, -0.1) is 0 Å². The number of aryl methyl sites for hydroxylation is 1. The summed E-state index contributed by atoms with van der Waals surface area (Å²) in [5.74, 6) is 0. The highest BCUT2D eigenvalue weighted by atomic mass is 15.2. The van der Waals surface area contributed by atoms with Gasteiger partial charge in [-0.05, 0) is 51.4 Å². The lowest BCUT2D eigenvalue weighted by Crippen LogP contribution is -2.38. The number of hydrogen-bond acceptors (Lipinski definition) is 2. The van der Waals surface area contributed by atoms with Crippen molar-refractivity contribution in [2.45, 2.75) is 45.6 Å². The van der Waals surface area contributed by atoms with E-state index in [1.54, 1.807) is 0 Å². The third-order valence-corrected chi connectivity index (χ3v) is 4.01. The van der Waals surface area contributed by atoms with Crippen LogP contribution in [0.1, 0.15) is 49.8 Å². The molecule has 1 fully saturated rings. The van der Waals surface area contributed by atoms with Gasteiger partial charge >= 0.3 is 0 Å². The summed E-state index contributed by atoms with van der Waals surface area (Å²) in [7, 11) is 0. The topological polar surface area (TPSA) is 15.3 Å². The van der Waals surface area contributed by atoms with Gasteiger partial charge in [0.1, 0.15) is 0 Å². The zero-order valence-electron chi connectivity index (χ0n) is 12.5. The normalized spacial score (nSPS) is 18.4. The van der Waals surface area contributed by atoms with Gasteiger partial charge in [0.05, 0.1) is 0 Å². The molecule has 19 heavy (non-hydrogen) atoms. The van der Waals surface area contributed by atoms with Crippen LogP contribution in [0.4, 0.5) is 0 Å². The Kier molecular flexibility index (Phi) is 5.87. The number of hydrogen-bond donors (Lipinski definition) is 1. The highest BCUT2D eigenvalue weighted by Gasteiger charge is 2.17. The Morgan fingerprint density at radius 1 is 1.11 bits per heavy atom. The summed E-state index contributed by atoms with van der Waals surface area (Å²) in [5, 5.41) is 3.71. The Balaban J connectivity index is 1.99. The van der Waals surface area contributed by atoms with Crippen LogP contribution in [0.5, 0.6) is 0 Å². The Morgan fingerprint density at radius 3 is 2.42 bits per heavy atom. The maximum absolute atomic E-state index is 3.71.